The van der Waals surface area contributed by atoms with E-state index in [0.717, 1.165) is 12.8 Å². The number of unbranched alkanes of at least 4 members (excludes halogenated alkanes) is 29. The fourth-order valence-electron chi connectivity index (χ4n) is 5.29. The Balaban J connectivity index is 0. The van der Waals surface area contributed by atoms with Gasteiger partial charge in [-0.1, -0.05) is 193 Å². The Morgan fingerprint density at radius 3 is 0.694 bits per heavy atom. The van der Waals surface area contributed by atoms with Gasteiger partial charge in [0.1, 0.15) is 0 Å². The molecule has 2 nitrogen and oxygen atoms in total. The SMILES string of the molecule is CCCCCCCCCCCCCCCCCCCCCCCCCCCCCCCCC(=O)[O-].[Li+]. The Hall–Kier alpha value is 0.0674. The molecule has 0 rings (SSSR count). The fourth-order valence-corrected chi connectivity index (χ4v) is 5.29. The van der Waals surface area contributed by atoms with Crippen LogP contribution in [0.1, 0.15) is 206 Å². The number of hydrogen-bond donors (Lipinski definition) is 0. The fraction of sp³-hybridized carbons (Fsp3) is 0.970. The van der Waals surface area contributed by atoms with Gasteiger partial charge in [0, 0.05) is 5.97 Å². The average molecular weight is 501 g/mol. The third-order valence-corrected chi connectivity index (χ3v) is 7.73. The molecule has 210 valence electrons. The second-order valence-electron chi connectivity index (χ2n) is 11.4. The van der Waals surface area contributed by atoms with E-state index >= 15 is 0 Å². The van der Waals surface area contributed by atoms with Crippen LogP contribution in [0.15, 0.2) is 0 Å². The summed E-state index contributed by atoms with van der Waals surface area (Å²) in [7, 11) is 0. The van der Waals surface area contributed by atoms with Gasteiger partial charge in [0.05, 0.1) is 0 Å². The molecule has 0 fully saturated rings. The second-order valence-corrected chi connectivity index (χ2v) is 11.4. The van der Waals surface area contributed by atoms with E-state index in [0.29, 0.717) is 0 Å². The maximum atomic E-state index is 10.3. The molecular weight excluding hydrogens is 435 g/mol. The average Bonchev–Trinajstić information content (AvgIpc) is 2.85. The first-order valence-corrected chi connectivity index (χ1v) is 16.5. The summed E-state index contributed by atoms with van der Waals surface area (Å²) in [6.07, 6.45) is 42.1. The summed E-state index contributed by atoms with van der Waals surface area (Å²) in [6, 6.07) is 0. The summed E-state index contributed by atoms with van der Waals surface area (Å²) in [6.45, 7) is 2.30. The first-order valence-electron chi connectivity index (χ1n) is 16.5. The molecule has 36 heavy (non-hydrogen) atoms. The zero-order valence-electron chi connectivity index (χ0n) is 25.2. The van der Waals surface area contributed by atoms with Gasteiger partial charge in [0.15, 0.2) is 0 Å². The number of rotatable bonds is 31. The minimum absolute atomic E-state index is 0. The molecule has 0 radical (unpaired) electrons. The smallest absolute Gasteiger partial charge is 0.550 e. The maximum Gasteiger partial charge on any atom is 1.00 e. The van der Waals surface area contributed by atoms with Crippen molar-refractivity contribution in [2.75, 3.05) is 0 Å². The van der Waals surface area contributed by atoms with E-state index in [1.807, 2.05) is 0 Å². The van der Waals surface area contributed by atoms with Crippen molar-refractivity contribution in [1.29, 1.82) is 0 Å². The third kappa shape index (κ3) is 36.2. The van der Waals surface area contributed by atoms with E-state index in [1.54, 1.807) is 0 Å². The zero-order chi connectivity index (χ0) is 25.5. The van der Waals surface area contributed by atoms with Gasteiger partial charge in [0.2, 0.25) is 0 Å². The van der Waals surface area contributed by atoms with E-state index in [1.165, 1.54) is 180 Å². The van der Waals surface area contributed by atoms with Gasteiger partial charge < -0.3 is 9.90 Å². The molecule has 0 aromatic rings. The Labute approximate surface area is 240 Å². The van der Waals surface area contributed by atoms with E-state index in [9.17, 15) is 9.90 Å². The third-order valence-electron chi connectivity index (χ3n) is 7.73. The van der Waals surface area contributed by atoms with Crippen molar-refractivity contribution in [3.05, 3.63) is 0 Å². The Kier molecular flexibility index (Phi) is 37.2. The largest absolute Gasteiger partial charge is 1.00 e. The quantitative estimate of drug-likeness (QED) is 0.0718. The summed E-state index contributed by atoms with van der Waals surface area (Å²) in [5.74, 6) is -0.898. The molecule has 0 amide bonds. The van der Waals surface area contributed by atoms with Gasteiger partial charge in [-0.05, 0) is 12.8 Å². The van der Waals surface area contributed by atoms with Crippen LogP contribution in [0, 0.1) is 0 Å². The van der Waals surface area contributed by atoms with Crippen LogP contribution < -0.4 is 24.0 Å². The van der Waals surface area contributed by atoms with Gasteiger partial charge in [-0.25, -0.2) is 0 Å². The van der Waals surface area contributed by atoms with Crippen LogP contribution in [-0.2, 0) is 4.79 Å². The summed E-state index contributed by atoms with van der Waals surface area (Å²) in [5.41, 5.74) is 0. The molecular formula is C33H65LiO2. The van der Waals surface area contributed by atoms with Crippen LogP contribution in [0.2, 0.25) is 0 Å². The molecule has 0 aliphatic carbocycles. The summed E-state index contributed by atoms with van der Waals surface area (Å²) in [5, 5.41) is 10.3. The molecule has 0 bridgehead atoms. The minimum Gasteiger partial charge on any atom is -0.550 e. The predicted molar refractivity (Wildman–Crippen MR) is 154 cm³/mol. The van der Waals surface area contributed by atoms with Gasteiger partial charge >= 0.3 is 18.9 Å². The van der Waals surface area contributed by atoms with Gasteiger partial charge in [-0.3, -0.25) is 0 Å². The first-order chi connectivity index (χ1) is 17.3. The standard InChI is InChI=1S/C33H66O2.Li/c1-2-3-4-5-6-7-8-9-10-11-12-13-14-15-16-17-18-19-20-21-22-23-24-25-26-27-28-29-30-31-32-33(34)35;/h2-32H2,1H3,(H,34,35);/q;+1/p-1. The number of aliphatic carboxylic acids is 1. The van der Waals surface area contributed by atoms with Gasteiger partial charge in [-0.15, -0.1) is 0 Å². The van der Waals surface area contributed by atoms with E-state index in [-0.39, 0.29) is 25.3 Å². The zero-order valence-corrected chi connectivity index (χ0v) is 25.2. The molecule has 0 heterocycles. The van der Waals surface area contributed by atoms with E-state index in [2.05, 4.69) is 6.92 Å². The van der Waals surface area contributed by atoms with Crippen LogP contribution in [-0.4, -0.2) is 5.97 Å². The Morgan fingerprint density at radius 2 is 0.528 bits per heavy atom. The number of carboxylic acid groups (broad SMARTS) is 1. The topological polar surface area (TPSA) is 40.1 Å². The molecule has 3 heteroatoms. The summed E-state index contributed by atoms with van der Waals surface area (Å²) < 4.78 is 0. The Morgan fingerprint density at radius 1 is 0.361 bits per heavy atom. The van der Waals surface area contributed by atoms with E-state index < -0.39 is 5.97 Å². The van der Waals surface area contributed by atoms with Crippen LogP contribution in [0.25, 0.3) is 0 Å². The monoisotopic (exact) mass is 501 g/mol. The van der Waals surface area contributed by atoms with Gasteiger partial charge in [-0.2, -0.15) is 0 Å². The number of carbonyl (C=O) groups is 1. The second kappa shape index (κ2) is 35.1. The van der Waals surface area contributed by atoms with Crippen molar-refractivity contribution >= 4 is 5.97 Å². The van der Waals surface area contributed by atoms with Crippen molar-refractivity contribution in [1.82, 2.24) is 0 Å². The summed E-state index contributed by atoms with van der Waals surface area (Å²) >= 11 is 0. The maximum absolute atomic E-state index is 10.3. The molecule has 0 unspecified atom stereocenters. The van der Waals surface area contributed by atoms with Crippen molar-refractivity contribution in [3.63, 3.8) is 0 Å². The summed E-state index contributed by atoms with van der Waals surface area (Å²) in [4.78, 5) is 10.3. The molecule has 0 aromatic carbocycles. The molecule has 0 aliphatic heterocycles. The van der Waals surface area contributed by atoms with Crippen LogP contribution in [0.5, 0.6) is 0 Å². The molecule has 0 N–H and O–H groups in total. The molecule has 0 saturated carbocycles. The van der Waals surface area contributed by atoms with Crippen LogP contribution in [0.4, 0.5) is 0 Å². The molecule has 0 aliphatic rings. The normalized spacial score (nSPS) is 11.0. The van der Waals surface area contributed by atoms with Crippen molar-refractivity contribution < 1.29 is 28.8 Å². The molecule has 0 atom stereocenters. The predicted octanol–water partition coefficient (Wildman–Crippen LogP) is 7.85. The number of carbonyl (C=O) groups excluding carboxylic acids is 1. The number of carboxylic acids is 1. The first kappa shape index (κ1) is 38.2. The van der Waals surface area contributed by atoms with Crippen LogP contribution >= 0.6 is 0 Å². The minimum atomic E-state index is -0.898. The Bertz CT molecular complexity index is 399. The molecule has 0 saturated heterocycles. The molecule has 0 spiro atoms. The van der Waals surface area contributed by atoms with Crippen molar-refractivity contribution in [2.45, 2.75) is 206 Å². The van der Waals surface area contributed by atoms with Gasteiger partial charge in [0.25, 0.3) is 0 Å². The van der Waals surface area contributed by atoms with Crippen molar-refractivity contribution in [2.24, 2.45) is 0 Å². The molecule has 0 aromatic heterocycles. The van der Waals surface area contributed by atoms with Crippen molar-refractivity contribution in [3.8, 4) is 0 Å². The number of hydrogen-bond acceptors (Lipinski definition) is 2. The van der Waals surface area contributed by atoms with E-state index in [4.69, 9.17) is 0 Å². The van der Waals surface area contributed by atoms with Crippen LogP contribution in [0.3, 0.4) is 0 Å².